The second-order valence-corrected chi connectivity index (χ2v) is 6.23. The number of nitrogens with one attached hydrogen (secondary N) is 1. The topological polar surface area (TPSA) is 59.2 Å². The summed E-state index contributed by atoms with van der Waals surface area (Å²) in [4.78, 5) is 28.1. The number of carbonyl (C=O) groups excluding carboxylic acids is 1. The Morgan fingerprint density at radius 2 is 2.04 bits per heavy atom. The average molecular weight is 374 g/mol. The third-order valence-corrected chi connectivity index (χ3v) is 4.73. The minimum atomic E-state index is -0.336. The Morgan fingerprint density at radius 3 is 2.78 bits per heavy atom. The summed E-state index contributed by atoms with van der Waals surface area (Å²) in [5, 5.41) is 1.17. The van der Waals surface area contributed by atoms with Crippen LogP contribution in [0.1, 0.15) is 18.1 Å². The van der Waals surface area contributed by atoms with E-state index >= 15 is 0 Å². The van der Waals surface area contributed by atoms with E-state index in [1.54, 1.807) is 13.0 Å². The molecule has 0 radical (unpaired) electrons. The molecule has 1 N–H and O–H groups in total. The Bertz CT molecular complexity index is 975. The van der Waals surface area contributed by atoms with E-state index in [9.17, 15) is 9.59 Å². The zero-order valence-corrected chi connectivity index (χ0v) is 14.5. The SMILES string of the molecule is CCOC(=O)Cc1cc(Br)c(C)c2[nH]c3ccccc3c(=O)c12. The molecule has 0 saturated heterocycles. The maximum atomic E-state index is 12.9. The van der Waals surface area contributed by atoms with Gasteiger partial charge in [0, 0.05) is 15.4 Å². The molecular formula is C18H16BrNO3. The van der Waals surface area contributed by atoms with Gasteiger partial charge in [0.05, 0.1) is 23.9 Å². The standard InChI is InChI=1S/C18H16BrNO3/c1-3-23-15(21)9-11-8-13(19)10(2)17-16(11)18(22)12-6-4-5-7-14(12)20-17/h4-8H,3,9H2,1-2H3,(H,20,22). The van der Waals surface area contributed by atoms with Crippen LogP contribution in [0.25, 0.3) is 21.8 Å². The summed E-state index contributed by atoms with van der Waals surface area (Å²) in [7, 11) is 0. The molecule has 5 heteroatoms. The van der Waals surface area contributed by atoms with Crippen LogP contribution in [0.15, 0.2) is 39.6 Å². The summed E-state index contributed by atoms with van der Waals surface area (Å²) in [6.45, 7) is 4.02. The van der Waals surface area contributed by atoms with E-state index in [1.165, 1.54) is 0 Å². The highest BCUT2D eigenvalue weighted by Crippen LogP contribution is 2.28. The van der Waals surface area contributed by atoms with Gasteiger partial charge in [0.15, 0.2) is 5.43 Å². The number of carbonyl (C=O) groups is 1. The summed E-state index contributed by atoms with van der Waals surface area (Å²) in [6.07, 6.45) is 0.0740. The van der Waals surface area contributed by atoms with Crippen molar-refractivity contribution in [2.45, 2.75) is 20.3 Å². The van der Waals surface area contributed by atoms with Gasteiger partial charge in [0.1, 0.15) is 0 Å². The highest BCUT2D eigenvalue weighted by Gasteiger charge is 2.16. The van der Waals surface area contributed by atoms with E-state index in [0.717, 1.165) is 21.1 Å². The van der Waals surface area contributed by atoms with Crippen molar-refractivity contribution in [1.29, 1.82) is 0 Å². The van der Waals surface area contributed by atoms with Crippen LogP contribution in [-0.4, -0.2) is 17.6 Å². The number of H-pyrrole nitrogens is 1. The number of aryl methyl sites for hydroxylation is 1. The number of aromatic nitrogens is 1. The van der Waals surface area contributed by atoms with Crippen molar-refractivity contribution < 1.29 is 9.53 Å². The van der Waals surface area contributed by atoms with Crippen molar-refractivity contribution in [2.24, 2.45) is 0 Å². The van der Waals surface area contributed by atoms with Gasteiger partial charge in [-0.3, -0.25) is 9.59 Å². The van der Waals surface area contributed by atoms with Crippen LogP contribution in [0.4, 0.5) is 0 Å². The smallest absolute Gasteiger partial charge is 0.310 e. The van der Waals surface area contributed by atoms with Crippen molar-refractivity contribution in [3.8, 4) is 0 Å². The van der Waals surface area contributed by atoms with Crippen molar-refractivity contribution in [3.63, 3.8) is 0 Å². The zero-order chi connectivity index (χ0) is 16.6. The van der Waals surface area contributed by atoms with Gasteiger partial charge >= 0.3 is 5.97 Å². The first kappa shape index (κ1) is 15.7. The van der Waals surface area contributed by atoms with E-state index in [2.05, 4.69) is 20.9 Å². The number of ether oxygens (including phenoxy) is 1. The quantitative estimate of drug-likeness (QED) is 0.560. The van der Waals surface area contributed by atoms with Crippen LogP contribution >= 0.6 is 15.9 Å². The molecule has 4 nitrogen and oxygen atoms in total. The van der Waals surface area contributed by atoms with Gasteiger partial charge in [-0.2, -0.15) is 0 Å². The highest BCUT2D eigenvalue weighted by molar-refractivity contribution is 9.10. The summed E-state index contributed by atoms with van der Waals surface area (Å²) in [5.74, 6) is -0.336. The van der Waals surface area contributed by atoms with E-state index in [4.69, 9.17) is 4.74 Å². The summed E-state index contributed by atoms with van der Waals surface area (Å²) < 4.78 is 5.88. The van der Waals surface area contributed by atoms with Crippen LogP contribution in [0.5, 0.6) is 0 Å². The molecule has 118 valence electrons. The normalized spacial score (nSPS) is 11.1. The van der Waals surface area contributed by atoms with E-state index in [1.807, 2.05) is 31.2 Å². The molecule has 1 heterocycles. The number of hydrogen-bond donors (Lipinski definition) is 1. The summed E-state index contributed by atoms with van der Waals surface area (Å²) in [6, 6.07) is 9.22. The lowest BCUT2D eigenvalue weighted by Gasteiger charge is -2.12. The monoisotopic (exact) mass is 373 g/mol. The lowest BCUT2D eigenvalue weighted by atomic mass is 10.00. The maximum absolute atomic E-state index is 12.9. The third kappa shape index (κ3) is 2.77. The number of halogens is 1. The summed E-state index contributed by atoms with van der Waals surface area (Å²) in [5.41, 5.74) is 3.08. The van der Waals surface area contributed by atoms with Crippen LogP contribution in [0.2, 0.25) is 0 Å². The van der Waals surface area contributed by atoms with Gasteiger partial charge in [-0.25, -0.2) is 0 Å². The number of fused-ring (bicyclic) bond motifs is 2. The fourth-order valence-electron chi connectivity index (χ4n) is 2.78. The molecule has 0 spiro atoms. The first-order chi connectivity index (χ1) is 11.0. The zero-order valence-electron chi connectivity index (χ0n) is 12.9. The molecule has 0 atom stereocenters. The van der Waals surface area contributed by atoms with Crippen LogP contribution in [0, 0.1) is 6.92 Å². The lowest BCUT2D eigenvalue weighted by Crippen LogP contribution is -2.13. The Morgan fingerprint density at radius 1 is 1.30 bits per heavy atom. The number of para-hydroxylation sites is 1. The summed E-state index contributed by atoms with van der Waals surface area (Å²) >= 11 is 3.51. The molecule has 0 aliphatic rings. The van der Waals surface area contributed by atoms with E-state index in [0.29, 0.717) is 22.9 Å². The van der Waals surface area contributed by atoms with Crippen LogP contribution in [0.3, 0.4) is 0 Å². The molecule has 0 aliphatic heterocycles. The van der Waals surface area contributed by atoms with E-state index in [-0.39, 0.29) is 17.8 Å². The Balaban J connectivity index is 2.36. The fraction of sp³-hybridized carbons (Fsp3) is 0.222. The average Bonchev–Trinajstić information content (AvgIpc) is 2.52. The first-order valence-electron chi connectivity index (χ1n) is 7.41. The van der Waals surface area contributed by atoms with Gasteiger partial charge < -0.3 is 9.72 Å². The molecule has 0 unspecified atom stereocenters. The second kappa shape index (κ2) is 6.16. The van der Waals surface area contributed by atoms with Gasteiger partial charge in [0.2, 0.25) is 0 Å². The van der Waals surface area contributed by atoms with Crippen LogP contribution < -0.4 is 5.43 Å². The van der Waals surface area contributed by atoms with Crippen molar-refractivity contribution in [2.75, 3.05) is 6.61 Å². The molecular weight excluding hydrogens is 358 g/mol. The predicted molar refractivity (Wildman–Crippen MR) is 94.8 cm³/mol. The number of aromatic amines is 1. The molecule has 2 aromatic carbocycles. The Kier molecular flexibility index (Phi) is 4.22. The lowest BCUT2D eigenvalue weighted by molar-refractivity contribution is -0.142. The molecule has 23 heavy (non-hydrogen) atoms. The second-order valence-electron chi connectivity index (χ2n) is 5.37. The highest BCUT2D eigenvalue weighted by atomic mass is 79.9. The number of hydrogen-bond acceptors (Lipinski definition) is 3. The molecule has 0 fully saturated rings. The van der Waals surface area contributed by atoms with Gasteiger partial charge in [0.25, 0.3) is 0 Å². The predicted octanol–water partition coefficient (Wildman–Crippen LogP) is 3.86. The number of rotatable bonds is 3. The minimum Gasteiger partial charge on any atom is -0.466 e. The fourth-order valence-corrected chi connectivity index (χ4v) is 3.26. The van der Waals surface area contributed by atoms with Gasteiger partial charge in [-0.15, -0.1) is 0 Å². The Hall–Kier alpha value is -2.14. The molecule has 0 amide bonds. The van der Waals surface area contributed by atoms with Crippen molar-refractivity contribution in [3.05, 3.63) is 56.2 Å². The number of esters is 1. The van der Waals surface area contributed by atoms with Gasteiger partial charge in [-0.1, -0.05) is 28.1 Å². The molecule has 3 rings (SSSR count). The largest absolute Gasteiger partial charge is 0.466 e. The van der Waals surface area contributed by atoms with E-state index < -0.39 is 0 Å². The molecule has 0 aliphatic carbocycles. The van der Waals surface area contributed by atoms with Gasteiger partial charge in [-0.05, 0) is 43.2 Å². The first-order valence-corrected chi connectivity index (χ1v) is 8.20. The third-order valence-electron chi connectivity index (χ3n) is 3.90. The molecule has 1 aromatic heterocycles. The molecule has 3 aromatic rings. The number of pyridine rings is 1. The number of benzene rings is 2. The van der Waals surface area contributed by atoms with Crippen LogP contribution in [-0.2, 0) is 16.0 Å². The minimum absolute atomic E-state index is 0.0655. The van der Waals surface area contributed by atoms with Crippen molar-refractivity contribution in [1.82, 2.24) is 4.98 Å². The van der Waals surface area contributed by atoms with Crippen molar-refractivity contribution >= 4 is 43.7 Å². The molecule has 0 bridgehead atoms. The maximum Gasteiger partial charge on any atom is 0.310 e. The Labute approximate surface area is 141 Å². The molecule has 0 saturated carbocycles.